The number of nitrogens with one attached hydrogen (secondary N) is 2. The number of benzene rings is 2. The standard InChI is InChI=1S/C21H21ClN2O4S/c1-14-5-8-17(9-6-14)29(26,27)21-18(10-7-15(2)20(21)22)23-13-19(25)24-12-16-4-3-11-28-16/h3-11,23H,12-13H2,1-2H3,(H,24,25). The molecule has 0 aliphatic rings. The van der Waals surface area contributed by atoms with Gasteiger partial charge in [0, 0.05) is 0 Å². The highest BCUT2D eigenvalue weighted by Crippen LogP contribution is 2.36. The average Bonchev–Trinajstić information content (AvgIpc) is 3.21. The Hall–Kier alpha value is -2.77. The Labute approximate surface area is 174 Å². The number of carbonyl (C=O) groups is 1. The van der Waals surface area contributed by atoms with Crippen LogP contribution >= 0.6 is 11.6 Å². The minimum atomic E-state index is -3.88. The average molecular weight is 433 g/mol. The van der Waals surface area contributed by atoms with Crippen LogP contribution in [0.1, 0.15) is 16.9 Å². The molecule has 3 aromatic rings. The highest BCUT2D eigenvalue weighted by atomic mass is 35.5. The van der Waals surface area contributed by atoms with E-state index < -0.39 is 9.84 Å². The molecule has 0 fully saturated rings. The maximum atomic E-state index is 13.2. The van der Waals surface area contributed by atoms with Gasteiger partial charge >= 0.3 is 0 Å². The van der Waals surface area contributed by atoms with E-state index in [1.165, 1.54) is 6.26 Å². The van der Waals surface area contributed by atoms with Gasteiger partial charge in [0.25, 0.3) is 0 Å². The van der Waals surface area contributed by atoms with Gasteiger partial charge in [0.2, 0.25) is 15.7 Å². The maximum Gasteiger partial charge on any atom is 0.239 e. The molecule has 0 atom stereocenters. The molecule has 0 aliphatic heterocycles. The molecule has 0 saturated heterocycles. The summed E-state index contributed by atoms with van der Waals surface area (Å²) in [6.07, 6.45) is 1.52. The first-order chi connectivity index (χ1) is 13.8. The van der Waals surface area contributed by atoms with Crippen LogP contribution in [-0.4, -0.2) is 20.9 Å². The Balaban J connectivity index is 1.83. The largest absolute Gasteiger partial charge is 0.467 e. The number of amides is 1. The van der Waals surface area contributed by atoms with Crippen LogP contribution in [0.4, 0.5) is 5.69 Å². The third kappa shape index (κ3) is 4.81. The number of halogens is 1. The van der Waals surface area contributed by atoms with E-state index in [2.05, 4.69) is 10.6 Å². The van der Waals surface area contributed by atoms with Gasteiger partial charge in [0.1, 0.15) is 10.7 Å². The van der Waals surface area contributed by atoms with Crippen molar-refractivity contribution in [1.29, 1.82) is 0 Å². The van der Waals surface area contributed by atoms with Gasteiger partial charge in [0.15, 0.2) is 0 Å². The van der Waals surface area contributed by atoms with Crippen LogP contribution in [0.15, 0.2) is 69.0 Å². The van der Waals surface area contributed by atoms with Crippen LogP contribution in [0.3, 0.4) is 0 Å². The molecule has 1 aromatic heterocycles. The molecule has 1 heterocycles. The first-order valence-electron chi connectivity index (χ1n) is 8.93. The summed E-state index contributed by atoms with van der Waals surface area (Å²) in [4.78, 5) is 12.2. The van der Waals surface area contributed by atoms with E-state index in [-0.39, 0.29) is 39.5 Å². The van der Waals surface area contributed by atoms with Crippen LogP contribution in [0.5, 0.6) is 0 Å². The lowest BCUT2D eigenvalue weighted by Gasteiger charge is -2.16. The molecule has 2 aromatic carbocycles. The number of aryl methyl sites for hydroxylation is 2. The molecule has 0 spiro atoms. The van der Waals surface area contributed by atoms with Gasteiger partial charge in [-0.05, 0) is 49.7 Å². The number of hydrogen-bond donors (Lipinski definition) is 2. The zero-order valence-electron chi connectivity index (χ0n) is 16.0. The summed E-state index contributed by atoms with van der Waals surface area (Å²) in [5.74, 6) is 0.316. The molecule has 0 aliphatic carbocycles. The monoisotopic (exact) mass is 432 g/mol. The molecule has 0 radical (unpaired) electrons. The van der Waals surface area contributed by atoms with E-state index in [1.54, 1.807) is 55.5 Å². The van der Waals surface area contributed by atoms with E-state index in [9.17, 15) is 13.2 Å². The SMILES string of the molecule is Cc1ccc(S(=O)(=O)c2c(NCC(=O)NCc3ccco3)ccc(C)c2Cl)cc1. The summed E-state index contributed by atoms with van der Waals surface area (Å²) in [7, 11) is -3.88. The van der Waals surface area contributed by atoms with Crippen molar-refractivity contribution in [2.24, 2.45) is 0 Å². The van der Waals surface area contributed by atoms with Gasteiger partial charge in [-0.15, -0.1) is 0 Å². The van der Waals surface area contributed by atoms with Crippen LogP contribution in [-0.2, 0) is 21.2 Å². The second-order valence-electron chi connectivity index (χ2n) is 6.60. The van der Waals surface area contributed by atoms with Gasteiger partial charge < -0.3 is 15.1 Å². The molecule has 2 N–H and O–H groups in total. The highest BCUT2D eigenvalue weighted by Gasteiger charge is 2.26. The predicted octanol–water partition coefficient (Wildman–Crippen LogP) is 4.11. The Morgan fingerprint density at radius 2 is 1.79 bits per heavy atom. The summed E-state index contributed by atoms with van der Waals surface area (Å²) >= 11 is 6.38. The first-order valence-corrected chi connectivity index (χ1v) is 10.8. The van der Waals surface area contributed by atoms with Gasteiger partial charge in [-0.2, -0.15) is 0 Å². The van der Waals surface area contributed by atoms with Gasteiger partial charge in [-0.25, -0.2) is 8.42 Å². The van der Waals surface area contributed by atoms with Crippen LogP contribution in [0.2, 0.25) is 5.02 Å². The normalized spacial score (nSPS) is 11.3. The minimum absolute atomic E-state index is 0.0399. The van der Waals surface area contributed by atoms with Crippen molar-refractivity contribution in [2.45, 2.75) is 30.2 Å². The smallest absolute Gasteiger partial charge is 0.239 e. The molecule has 8 heteroatoms. The Bertz CT molecular complexity index is 1110. The Kier molecular flexibility index (Phi) is 6.30. The lowest BCUT2D eigenvalue weighted by atomic mass is 10.2. The summed E-state index contributed by atoms with van der Waals surface area (Å²) in [6.45, 7) is 3.74. The second-order valence-corrected chi connectivity index (χ2v) is 8.86. The van der Waals surface area contributed by atoms with Crippen molar-refractivity contribution in [3.63, 3.8) is 0 Å². The quantitative estimate of drug-likeness (QED) is 0.586. The molecular weight excluding hydrogens is 412 g/mol. The van der Waals surface area contributed by atoms with Crippen molar-refractivity contribution in [2.75, 3.05) is 11.9 Å². The minimum Gasteiger partial charge on any atom is -0.467 e. The first kappa shape index (κ1) is 21.0. The molecule has 152 valence electrons. The van der Waals surface area contributed by atoms with Crippen molar-refractivity contribution < 1.29 is 17.6 Å². The lowest BCUT2D eigenvalue weighted by molar-refractivity contribution is -0.119. The van der Waals surface area contributed by atoms with Crippen LogP contribution < -0.4 is 10.6 Å². The number of furan rings is 1. The zero-order chi connectivity index (χ0) is 21.0. The molecule has 29 heavy (non-hydrogen) atoms. The Morgan fingerprint density at radius 1 is 1.07 bits per heavy atom. The maximum absolute atomic E-state index is 13.2. The number of rotatable bonds is 7. The molecule has 0 unspecified atom stereocenters. The number of anilines is 1. The molecule has 0 bridgehead atoms. The topological polar surface area (TPSA) is 88.4 Å². The van der Waals surface area contributed by atoms with Gasteiger partial charge in [-0.3, -0.25) is 4.79 Å². The molecular formula is C21H21ClN2O4S. The summed E-state index contributed by atoms with van der Waals surface area (Å²) in [5, 5.41) is 5.72. The molecule has 6 nitrogen and oxygen atoms in total. The van der Waals surface area contributed by atoms with E-state index in [4.69, 9.17) is 16.0 Å². The fourth-order valence-corrected chi connectivity index (χ4v) is 4.75. The zero-order valence-corrected chi connectivity index (χ0v) is 17.6. The van der Waals surface area contributed by atoms with Crippen LogP contribution in [0, 0.1) is 13.8 Å². The van der Waals surface area contributed by atoms with Crippen molar-refractivity contribution in [1.82, 2.24) is 5.32 Å². The van der Waals surface area contributed by atoms with Gasteiger partial charge in [-0.1, -0.05) is 35.4 Å². The van der Waals surface area contributed by atoms with E-state index in [0.717, 1.165) is 5.56 Å². The highest BCUT2D eigenvalue weighted by molar-refractivity contribution is 7.91. The van der Waals surface area contributed by atoms with E-state index in [0.29, 0.717) is 11.3 Å². The van der Waals surface area contributed by atoms with E-state index in [1.807, 2.05) is 6.92 Å². The number of carbonyl (C=O) groups excluding carboxylic acids is 1. The van der Waals surface area contributed by atoms with Gasteiger partial charge in [0.05, 0.1) is 35.0 Å². The molecule has 3 rings (SSSR count). The number of hydrogen-bond acceptors (Lipinski definition) is 5. The third-order valence-corrected chi connectivity index (χ3v) is 6.82. The predicted molar refractivity (Wildman–Crippen MR) is 112 cm³/mol. The van der Waals surface area contributed by atoms with Crippen LogP contribution in [0.25, 0.3) is 0 Å². The molecule has 0 saturated carbocycles. The second kappa shape index (κ2) is 8.71. The van der Waals surface area contributed by atoms with Crippen molar-refractivity contribution in [3.05, 3.63) is 76.7 Å². The summed E-state index contributed by atoms with van der Waals surface area (Å²) in [5.41, 5.74) is 1.85. The fourth-order valence-electron chi connectivity index (χ4n) is 2.73. The summed E-state index contributed by atoms with van der Waals surface area (Å²) < 4.78 is 31.6. The third-order valence-electron chi connectivity index (χ3n) is 4.37. The summed E-state index contributed by atoms with van der Waals surface area (Å²) in [6, 6.07) is 13.3. The Morgan fingerprint density at radius 3 is 2.45 bits per heavy atom. The lowest BCUT2D eigenvalue weighted by Crippen LogP contribution is -2.29. The van der Waals surface area contributed by atoms with Crippen molar-refractivity contribution >= 4 is 33.0 Å². The molecule has 1 amide bonds. The van der Waals surface area contributed by atoms with E-state index >= 15 is 0 Å². The fraction of sp³-hybridized carbons (Fsp3) is 0.190. The number of sulfone groups is 1. The van der Waals surface area contributed by atoms with Crippen molar-refractivity contribution in [3.8, 4) is 0 Å².